The van der Waals surface area contributed by atoms with Gasteiger partial charge in [0.25, 0.3) is 0 Å². The molecule has 0 aliphatic heterocycles. The standard InChI is InChI=1S/C12H21NO5/c1-7(2)16-10(14)12(5-9(6-12)18-13)11(15)17-8(3)4/h7-9H,5-6,13H2,1-4H3. The minimum atomic E-state index is -1.25. The lowest BCUT2D eigenvalue weighted by Crippen LogP contribution is -2.56. The third-order valence-electron chi connectivity index (χ3n) is 2.81. The topological polar surface area (TPSA) is 87.9 Å². The lowest BCUT2D eigenvalue weighted by Gasteiger charge is -2.42. The van der Waals surface area contributed by atoms with E-state index in [2.05, 4.69) is 4.84 Å². The van der Waals surface area contributed by atoms with Crippen LogP contribution in [0, 0.1) is 5.41 Å². The van der Waals surface area contributed by atoms with Gasteiger partial charge in [-0.2, -0.15) is 0 Å². The molecule has 6 nitrogen and oxygen atoms in total. The molecule has 0 saturated heterocycles. The van der Waals surface area contributed by atoms with Gasteiger partial charge in [-0.3, -0.25) is 9.59 Å². The first-order valence-corrected chi connectivity index (χ1v) is 6.09. The monoisotopic (exact) mass is 259 g/mol. The molecule has 18 heavy (non-hydrogen) atoms. The van der Waals surface area contributed by atoms with E-state index in [0.29, 0.717) is 0 Å². The second-order valence-electron chi connectivity index (χ2n) is 5.16. The van der Waals surface area contributed by atoms with Crippen LogP contribution in [0.15, 0.2) is 0 Å². The van der Waals surface area contributed by atoms with Gasteiger partial charge in [0.15, 0.2) is 5.41 Å². The molecule has 1 saturated carbocycles. The van der Waals surface area contributed by atoms with Crippen LogP contribution < -0.4 is 5.90 Å². The molecule has 104 valence electrons. The lowest BCUT2D eigenvalue weighted by molar-refractivity contribution is -0.196. The number of esters is 2. The number of rotatable bonds is 5. The molecule has 0 amide bonds. The Kier molecular flexibility index (Phi) is 4.70. The number of carbonyl (C=O) groups is 2. The highest BCUT2D eigenvalue weighted by Crippen LogP contribution is 2.45. The fraction of sp³-hybridized carbons (Fsp3) is 0.833. The molecule has 2 N–H and O–H groups in total. The summed E-state index contributed by atoms with van der Waals surface area (Å²) in [6.45, 7) is 6.92. The van der Waals surface area contributed by atoms with E-state index in [-0.39, 0.29) is 31.2 Å². The molecular weight excluding hydrogens is 238 g/mol. The molecule has 1 aliphatic carbocycles. The van der Waals surface area contributed by atoms with Gasteiger partial charge < -0.3 is 14.3 Å². The van der Waals surface area contributed by atoms with Gasteiger partial charge in [0.1, 0.15) is 0 Å². The summed E-state index contributed by atoms with van der Waals surface area (Å²) >= 11 is 0. The van der Waals surface area contributed by atoms with Crippen molar-refractivity contribution in [3.8, 4) is 0 Å². The van der Waals surface area contributed by atoms with Crippen molar-refractivity contribution in [2.45, 2.75) is 58.8 Å². The fourth-order valence-corrected chi connectivity index (χ4v) is 1.88. The zero-order valence-electron chi connectivity index (χ0n) is 11.3. The van der Waals surface area contributed by atoms with Crippen LogP contribution >= 0.6 is 0 Å². The molecular formula is C12H21NO5. The smallest absolute Gasteiger partial charge is 0.323 e. The Hall–Kier alpha value is -1.14. The van der Waals surface area contributed by atoms with E-state index < -0.39 is 17.4 Å². The van der Waals surface area contributed by atoms with Crippen molar-refractivity contribution in [2.75, 3.05) is 0 Å². The third kappa shape index (κ3) is 3.00. The van der Waals surface area contributed by atoms with Gasteiger partial charge >= 0.3 is 11.9 Å². The molecule has 0 unspecified atom stereocenters. The Bertz CT molecular complexity index is 296. The fourth-order valence-electron chi connectivity index (χ4n) is 1.88. The molecule has 1 fully saturated rings. The van der Waals surface area contributed by atoms with Crippen LogP contribution in [0.1, 0.15) is 40.5 Å². The maximum absolute atomic E-state index is 12.0. The largest absolute Gasteiger partial charge is 0.462 e. The molecule has 0 aromatic rings. The summed E-state index contributed by atoms with van der Waals surface area (Å²) in [6.07, 6.45) is -0.441. The number of hydrogen-bond acceptors (Lipinski definition) is 6. The molecule has 0 heterocycles. The molecule has 1 rings (SSSR count). The molecule has 0 aromatic heterocycles. The number of hydrogen-bond donors (Lipinski definition) is 1. The number of ether oxygens (including phenoxy) is 2. The van der Waals surface area contributed by atoms with E-state index in [4.69, 9.17) is 15.4 Å². The highest BCUT2D eigenvalue weighted by molar-refractivity contribution is 6.01. The van der Waals surface area contributed by atoms with E-state index >= 15 is 0 Å². The molecule has 0 aromatic carbocycles. The summed E-state index contributed by atoms with van der Waals surface area (Å²) in [5.74, 6) is 3.94. The van der Waals surface area contributed by atoms with Crippen LogP contribution in [0.4, 0.5) is 0 Å². The highest BCUT2D eigenvalue weighted by Gasteiger charge is 2.59. The molecule has 0 radical (unpaired) electrons. The number of carbonyl (C=O) groups excluding carboxylic acids is 2. The van der Waals surface area contributed by atoms with Crippen LogP contribution in [-0.4, -0.2) is 30.3 Å². The van der Waals surface area contributed by atoms with E-state index in [9.17, 15) is 9.59 Å². The van der Waals surface area contributed by atoms with Crippen molar-refractivity contribution in [3.05, 3.63) is 0 Å². The molecule has 1 aliphatic rings. The van der Waals surface area contributed by atoms with Crippen molar-refractivity contribution < 1.29 is 23.9 Å². The van der Waals surface area contributed by atoms with E-state index in [0.717, 1.165) is 0 Å². The molecule has 6 heteroatoms. The average Bonchev–Trinajstić information content (AvgIpc) is 2.13. The van der Waals surface area contributed by atoms with Gasteiger partial charge in [-0.1, -0.05) is 0 Å². The SMILES string of the molecule is CC(C)OC(=O)C1(C(=O)OC(C)C)CC(ON)C1. The summed E-state index contributed by atoms with van der Waals surface area (Å²) in [5, 5.41) is 0. The zero-order chi connectivity index (χ0) is 13.9. The minimum absolute atomic E-state index is 0.209. The van der Waals surface area contributed by atoms with Crippen LogP contribution in [0.25, 0.3) is 0 Å². The van der Waals surface area contributed by atoms with Gasteiger partial charge in [-0.05, 0) is 27.7 Å². The Morgan fingerprint density at radius 1 is 1.06 bits per heavy atom. The Morgan fingerprint density at radius 2 is 1.44 bits per heavy atom. The van der Waals surface area contributed by atoms with Crippen LogP contribution in [0.3, 0.4) is 0 Å². The molecule has 0 spiro atoms. The summed E-state index contributed by atoms with van der Waals surface area (Å²) in [7, 11) is 0. The first-order valence-electron chi connectivity index (χ1n) is 6.09. The Balaban J connectivity index is 2.78. The van der Waals surface area contributed by atoms with Crippen molar-refractivity contribution in [1.82, 2.24) is 0 Å². The normalized spacial score (nSPS) is 18.6. The average molecular weight is 259 g/mol. The Labute approximate surface area is 107 Å². The van der Waals surface area contributed by atoms with E-state index in [1.807, 2.05) is 0 Å². The molecule has 0 bridgehead atoms. The minimum Gasteiger partial charge on any atom is -0.462 e. The van der Waals surface area contributed by atoms with Crippen LogP contribution in [0.2, 0.25) is 0 Å². The predicted molar refractivity (Wildman–Crippen MR) is 63.2 cm³/mol. The first kappa shape index (κ1) is 14.9. The van der Waals surface area contributed by atoms with E-state index in [1.165, 1.54) is 0 Å². The van der Waals surface area contributed by atoms with E-state index in [1.54, 1.807) is 27.7 Å². The van der Waals surface area contributed by atoms with Crippen molar-refractivity contribution in [3.63, 3.8) is 0 Å². The summed E-state index contributed by atoms with van der Waals surface area (Å²) in [6, 6.07) is 0. The van der Waals surface area contributed by atoms with Gasteiger partial charge in [-0.25, -0.2) is 5.90 Å². The maximum Gasteiger partial charge on any atom is 0.323 e. The summed E-state index contributed by atoms with van der Waals surface area (Å²) < 4.78 is 10.2. The van der Waals surface area contributed by atoms with Crippen LogP contribution in [0.5, 0.6) is 0 Å². The first-order chi connectivity index (χ1) is 8.31. The van der Waals surface area contributed by atoms with Crippen LogP contribution in [-0.2, 0) is 23.9 Å². The van der Waals surface area contributed by atoms with Crippen molar-refractivity contribution in [1.29, 1.82) is 0 Å². The highest BCUT2D eigenvalue weighted by atomic mass is 16.6. The van der Waals surface area contributed by atoms with Gasteiger partial charge in [-0.15, -0.1) is 0 Å². The van der Waals surface area contributed by atoms with Gasteiger partial charge in [0, 0.05) is 12.8 Å². The second kappa shape index (κ2) is 5.67. The van der Waals surface area contributed by atoms with Gasteiger partial charge in [0.2, 0.25) is 0 Å². The quantitative estimate of drug-likeness (QED) is 0.449. The van der Waals surface area contributed by atoms with Crippen molar-refractivity contribution in [2.24, 2.45) is 11.3 Å². The Morgan fingerprint density at radius 3 is 1.72 bits per heavy atom. The van der Waals surface area contributed by atoms with Gasteiger partial charge in [0.05, 0.1) is 18.3 Å². The summed E-state index contributed by atoms with van der Waals surface area (Å²) in [5.41, 5.74) is -1.25. The summed E-state index contributed by atoms with van der Waals surface area (Å²) in [4.78, 5) is 28.7. The lowest BCUT2D eigenvalue weighted by atomic mass is 9.66. The maximum atomic E-state index is 12.0. The molecule has 0 atom stereocenters. The third-order valence-corrected chi connectivity index (χ3v) is 2.81. The predicted octanol–water partition coefficient (Wildman–Crippen LogP) is 0.929. The zero-order valence-corrected chi connectivity index (χ0v) is 11.3. The second-order valence-corrected chi connectivity index (χ2v) is 5.16. The van der Waals surface area contributed by atoms with Crippen molar-refractivity contribution >= 4 is 11.9 Å². The number of nitrogens with two attached hydrogens (primary N) is 1.